The van der Waals surface area contributed by atoms with Crippen LogP contribution in [0, 0.1) is 0 Å². The van der Waals surface area contributed by atoms with E-state index in [4.69, 9.17) is 11.6 Å². The van der Waals surface area contributed by atoms with Gasteiger partial charge in [0, 0.05) is 18.1 Å². The topological polar surface area (TPSA) is 46.8 Å². The minimum absolute atomic E-state index is 0.0289. The molecule has 5 rings (SSSR count). The molecule has 2 heterocycles. The zero-order chi connectivity index (χ0) is 18.9. The number of nitrogens with zero attached hydrogens (tertiary/aromatic N) is 5. The molecule has 144 valence electrons. The Morgan fingerprint density at radius 2 is 1.71 bits per heavy atom. The Kier molecular flexibility index (Phi) is 4.87. The summed E-state index contributed by atoms with van der Waals surface area (Å²) in [5.41, 5.74) is 4.04. The summed E-state index contributed by atoms with van der Waals surface area (Å²) in [4.78, 5) is 2.50. The molecule has 0 bridgehead atoms. The predicted molar refractivity (Wildman–Crippen MR) is 109 cm³/mol. The van der Waals surface area contributed by atoms with Crippen molar-refractivity contribution in [3.05, 3.63) is 76.1 Å². The zero-order valence-electron chi connectivity index (χ0n) is 15.8. The fraction of sp³-hybridized carbons (Fsp3) is 0.409. The van der Waals surface area contributed by atoms with Crippen LogP contribution in [0.15, 0.2) is 48.5 Å². The van der Waals surface area contributed by atoms with Gasteiger partial charge in [-0.1, -0.05) is 60.8 Å². The van der Waals surface area contributed by atoms with Crippen molar-refractivity contribution in [2.24, 2.45) is 0 Å². The Morgan fingerprint density at radius 1 is 0.964 bits per heavy atom. The monoisotopic (exact) mass is 393 g/mol. The molecule has 5 nitrogen and oxygen atoms in total. The normalized spacial score (nSPS) is 18.9. The van der Waals surface area contributed by atoms with Gasteiger partial charge in [-0.15, -0.1) is 5.10 Å². The Hall–Kier alpha value is -2.24. The number of aromatic nitrogens is 4. The lowest BCUT2D eigenvalue weighted by molar-refractivity contribution is 0.191. The van der Waals surface area contributed by atoms with Gasteiger partial charge < -0.3 is 0 Å². The van der Waals surface area contributed by atoms with Crippen molar-refractivity contribution < 1.29 is 0 Å². The largest absolute Gasteiger partial charge is 0.285 e. The molecule has 0 saturated heterocycles. The van der Waals surface area contributed by atoms with Gasteiger partial charge >= 0.3 is 0 Å². The van der Waals surface area contributed by atoms with E-state index >= 15 is 0 Å². The Morgan fingerprint density at radius 3 is 2.50 bits per heavy atom. The molecule has 1 saturated carbocycles. The molecule has 3 aromatic rings. The summed E-state index contributed by atoms with van der Waals surface area (Å²) in [5, 5.41) is 13.8. The third-order valence-corrected chi connectivity index (χ3v) is 6.40. The highest BCUT2D eigenvalue weighted by molar-refractivity contribution is 6.30. The van der Waals surface area contributed by atoms with Gasteiger partial charge in [0.05, 0.1) is 12.1 Å². The molecule has 1 aromatic heterocycles. The number of rotatable bonds is 4. The van der Waals surface area contributed by atoms with Crippen LogP contribution in [0.5, 0.6) is 0 Å². The van der Waals surface area contributed by atoms with Crippen molar-refractivity contribution in [2.45, 2.75) is 50.7 Å². The first kappa shape index (κ1) is 17.8. The van der Waals surface area contributed by atoms with Crippen molar-refractivity contribution >= 4 is 11.6 Å². The Bertz CT molecular complexity index is 946. The van der Waals surface area contributed by atoms with Gasteiger partial charge in [0.15, 0.2) is 5.82 Å². The SMILES string of the molecule is Clc1ccc([C@H](c2nnnn2C2CCCC2)N2CCc3ccccc3C2)cc1. The highest BCUT2D eigenvalue weighted by atomic mass is 35.5. The molecule has 0 N–H and O–H groups in total. The summed E-state index contributed by atoms with van der Waals surface area (Å²) in [7, 11) is 0. The van der Waals surface area contributed by atoms with E-state index in [0.717, 1.165) is 43.2 Å². The first-order valence-corrected chi connectivity index (χ1v) is 10.5. The lowest BCUT2D eigenvalue weighted by Gasteiger charge is -2.35. The maximum Gasteiger partial charge on any atom is 0.173 e. The molecule has 0 amide bonds. The summed E-state index contributed by atoms with van der Waals surface area (Å²) in [5.74, 6) is 0.952. The van der Waals surface area contributed by atoms with Crippen LogP contribution in [-0.2, 0) is 13.0 Å². The quantitative estimate of drug-likeness (QED) is 0.650. The van der Waals surface area contributed by atoms with Crippen molar-refractivity contribution in [3.8, 4) is 0 Å². The number of fused-ring (bicyclic) bond motifs is 1. The van der Waals surface area contributed by atoms with Crippen molar-refractivity contribution in [3.63, 3.8) is 0 Å². The van der Waals surface area contributed by atoms with Crippen LogP contribution in [-0.4, -0.2) is 31.7 Å². The summed E-state index contributed by atoms with van der Waals surface area (Å²) in [6.07, 6.45) is 5.88. The highest BCUT2D eigenvalue weighted by Gasteiger charge is 2.32. The van der Waals surface area contributed by atoms with E-state index in [2.05, 4.69) is 61.5 Å². The summed E-state index contributed by atoms with van der Waals surface area (Å²) in [6, 6.07) is 17.3. The van der Waals surface area contributed by atoms with E-state index in [1.54, 1.807) is 0 Å². The first-order valence-electron chi connectivity index (χ1n) is 10.1. The van der Waals surface area contributed by atoms with E-state index in [0.29, 0.717) is 6.04 Å². The molecule has 28 heavy (non-hydrogen) atoms. The molecule has 2 aromatic carbocycles. The number of tetrazole rings is 1. The van der Waals surface area contributed by atoms with Gasteiger partial charge in [-0.3, -0.25) is 4.90 Å². The van der Waals surface area contributed by atoms with E-state index in [1.165, 1.54) is 29.5 Å². The molecule has 1 atom stereocenters. The molecule has 6 heteroatoms. The zero-order valence-corrected chi connectivity index (χ0v) is 16.6. The summed E-state index contributed by atoms with van der Waals surface area (Å²) < 4.78 is 2.09. The van der Waals surface area contributed by atoms with Gasteiger partial charge in [-0.05, 0) is 58.5 Å². The second-order valence-electron chi connectivity index (χ2n) is 7.86. The maximum absolute atomic E-state index is 6.17. The lowest BCUT2D eigenvalue weighted by atomic mass is 9.96. The van der Waals surface area contributed by atoms with Gasteiger partial charge in [-0.2, -0.15) is 0 Å². The van der Waals surface area contributed by atoms with Crippen molar-refractivity contribution in [1.82, 2.24) is 25.1 Å². The molecule has 0 radical (unpaired) electrons. The van der Waals surface area contributed by atoms with Crippen LogP contribution in [0.1, 0.15) is 60.3 Å². The Labute approximate surface area is 170 Å². The molecule has 1 aliphatic heterocycles. The maximum atomic E-state index is 6.17. The molecule has 2 aliphatic rings. The average Bonchev–Trinajstić information content (AvgIpc) is 3.41. The van der Waals surface area contributed by atoms with E-state index in [1.807, 2.05) is 12.1 Å². The van der Waals surface area contributed by atoms with Gasteiger partial charge in [0.2, 0.25) is 0 Å². The molecule has 0 unspecified atom stereocenters. The van der Waals surface area contributed by atoms with E-state index in [9.17, 15) is 0 Å². The van der Waals surface area contributed by atoms with Gasteiger partial charge in [0.1, 0.15) is 0 Å². The molecule has 1 fully saturated rings. The van der Waals surface area contributed by atoms with Crippen LogP contribution in [0.2, 0.25) is 5.02 Å². The summed E-state index contributed by atoms with van der Waals surface area (Å²) >= 11 is 6.17. The second-order valence-corrected chi connectivity index (χ2v) is 8.30. The van der Waals surface area contributed by atoms with Crippen molar-refractivity contribution in [1.29, 1.82) is 0 Å². The van der Waals surface area contributed by atoms with Crippen LogP contribution >= 0.6 is 11.6 Å². The third kappa shape index (κ3) is 3.33. The second kappa shape index (κ2) is 7.64. The smallest absolute Gasteiger partial charge is 0.173 e. The molecular formula is C22H24ClN5. The number of benzene rings is 2. The number of hydrogen-bond donors (Lipinski definition) is 0. The van der Waals surface area contributed by atoms with Crippen molar-refractivity contribution in [2.75, 3.05) is 6.54 Å². The van der Waals surface area contributed by atoms with Crippen LogP contribution in [0.4, 0.5) is 0 Å². The molecular weight excluding hydrogens is 370 g/mol. The predicted octanol–water partition coefficient (Wildman–Crippen LogP) is 4.59. The lowest BCUT2D eigenvalue weighted by Crippen LogP contribution is -2.36. The number of halogens is 1. The minimum atomic E-state index is 0.0289. The van der Waals surface area contributed by atoms with Crippen LogP contribution in [0.3, 0.4) is 0 Å². The highest BCUT2D eigenvalue weighted by Crippen LogP contribution is 2.36. The average molecular weight is 394 g/mol. The molecule has 1 aliphatic carbocycles. The molecule has 0 spiro atoms. The van der Waals surface area contributed by atoms with E-state index in [-0.39, 0.29) is 6.04 Å². The van der Waals surface area contributed by atoms with E-state index < -0.39 is 0 Å². The van der Waals surface area contributed by atoms with Gasteiger partial charge in [-0.25, -0.2) is 4.68 Å². The van der Waals surface area contributed by atoms with Crippen LogP contribution < -0.4 is 0 Å². The standard InChI is InChI=1S/C22H24ClN5/c23-19-11-9-17(10-12-19)21(22-24-25-26-28(22)20-7-3-4-8-20)27-14-13-16-5-1-2-6-18(16)15-27/h1-2,5-6,9-12,20-21H,3-4,7-8,13-15H2/t21-/m1/s1. The summed E-state index contributed by atoms with van der Waals surface area (Å²) in [6.45, 7) is 1.89. The van der Waals surface area contributed by atoms with Gasteiger partial charge in [0.25, 0.3) is 0 Å². The third-order valence-electron chi connectivity index (χ3n) is 6.14. The minimum Gasteiger partial charge on any atom is -0.285 e. The first-order chi connectivity index (χ1) is 13.8. The van der Waals surface area contributed by atoms with Crippen LogP contribution in [0.25, 0.3) is 0 Å². The fourth-order valence-corrected chi connectivity index (χ4v) is 4.82. The number of hydrogen-bond acceptors (Lipinski definition) is 4. The Balaban J connectivity index is 1.55. The fourth-order valence-electron chi connectivity index (χ4n) is 4.70.